The van der Waals surface area contributed by atoms with Crippen LogP contribution in [0.3, 0.4) is 0 Å². The Morgan fingerprint density at radius 3 is 2.50 bits per heavy atom. The van der Waals surface area contributed by atoms with Crippen LogP contribution in [-0.4, -0.2) is 11.3 Å². The zero-order valence-corrected chi connectivity index (χ0v) is 8.72. The van der Waals surface area contributed by atoms with Gasteiger partial charge in [-0.15, -0.1) is 0 Å². The van der Waals surface area contributed by atoms with Crippen LogP contribution in [0.25, 0.3) is 0 Å². The number of alkyl halides is 3. The van der Waals surface area contributed by atoms with Crippen LogP contribution >= 0.6 is 0 Å². The van der Waals surface area contributed by atoms with E-state index < -0.39 is 12.3 Å². The Hall–Kier alpha value is -1.03. The second kappa shape index (κ2) is 4.09. The minimum atomic E-state index is -4.58. The molecule has 1 atom stereocenters. The number of hydrogen-bond donors (Lipinski definition) is 1. The van der Waals surface area contributed by atoms with Crippen LogP contribution in [0.15, 0.2) is 18.2 Å². The maximum Gasteiger partial charge on any atom is 0.418 e. The van der Waals surface area contributed by atoms with Gasteiger partial charge in [-0.3, -0.25) is 0 Å². The molecule has 0 bridgehead atoms. The molecule has 0 fully saturated rings. The van der Waals surface area contributed by atoms with E-state index in [4.69, 9.17) is 0 Å². The first-order chi connectivity index (χ1) is 7.50. The summed E-state index contributed by atoms with van der Waals surface area (Å²) in [4.78, 5) is 0. The van der Waals surface area contributed by atoms with Crippen LogP contribution in [0.4, 0.5) is 13.2 Å². The van der Waals surface area contributed by atoms with E-state index in [-0.39, 0.29) is 5.56 Å². The molecule has 16 heavy (non-hydrogen) atoms. The van der Waals surface area contributed by atoms with Crippen molar-refractivity contribution in [3.05, 3.63) is 34.9 Å². The largest absolute Gasteiger partial charge is 0.418 e. The molecular formula is C12H13F3O. The molecule has 1 aromatic rings. The average Bonchev–Trinajstić information content (AvgIpc) is 2.26. The van der Waals surface area contributed by atoms with Gasteiger partial charge in [0.05, 0.1) is 0 Å². The van der Waals surface area contributed by atoms with Crippen molar-refractivity contribution in [2.75, 3.05) is 0 Å². The third-order valence-electron chi connectivity index (χ3n) is 3.04. The summed E-state index contributed by atoms with van der Waals surface area (Å²) < 4.78 is 37.4. The van der Waals surface area contributed by atoms with Crippen LogP contribution in [-0.2, 0) is 12.8 Å². The molecule has 88 valence electrons. The van der Waals surface area contributed by atoms with Gasteiger partial charge in [-0.2, -0.15) is 13.2 Å². The predicted octanol–water partition coefficient (Wildman–Crippen LogP) is 3.16. The van der Waals surface area contributed by atoms with Crippen LogP contribution in [0, 0.1) is 0 Å². The van der Waals surface area contributed by atoms with Gasteiger partial charge < -0.3 is 5.11 Å². The quantitative estimate of drug-likeness (QED) is 0.785. The molecule has 0 saturated carbocycles. The third-order valence-corrected chi connectivity index (χ3v) is 3.04. The van der Waals surface area contributed by atoms with Gasteiger partial charge in [-0.1, -0.05) is 18.2 Å². The second-order valence-electron chi connectivity index (χ2n) is 4.14. The lowest BCUT2D eigenvalue weighted by Gasteiger charge is -2.23. The molecule has 0 saturated heterocycles. The highest BCUT2D eigenvalue weighted by atomic mass is 19.4. The van der Waals surface area contributed by atoms with E-state index in [1.165, 1.54) is 6.07 Å². The third kappa shape index (κ3) is 2.07. The fourth-order valence-electron chi connectivity index (χ4n) is 2.24. The van der Waals surface area contributed by atoms with Gasteiger partial charge in [0, 0.05) is 0 Å². The van der Waals surface area contributed by atoms with E-state index in [0.717, 1.165) is 24.8 Å². The van der Waals surface area contributed by atoms with Gasteiger partial charge in [-0.05, 0) is 42.4 Å². The summed E-state index contributed by atoms with van der Waals surface area (Å²) in [5.74, 6) is 0. The molecule has 0 spiro atoms. The Bertz CT molecular complexity index is 384. The first kappa shape index (κ1) is 11.5. The monoisotopic (exact) mass is 230 g/mol. The normalized spacial score (nSPS) is 18.0. The van der Waals surface area contributed by atoms with Crippen molar-refractivity contribution in [1.82, 2.24) is 0 Å². The summed E-state index contributed by atoms with van der Waals surface area (Å²) in [6, 6.07) is 4.82. The zero-order chi connectivity index (χ0) is 11.8. The molecule has 0 radical (unpaired) electrons. The molecule has 0 heterocycles. The molecule has 1 N–H and O–H groups in total. The topological polar surface area (TPSA) is 20.2 Å². The predicted molar refractivity (Wildman–Crippen MR) is 54.1 cm³/mol. The van der Waals surface area contributed by atoms with E-state index in [2.05, 4.69) is 0 Å². The van der Waals surface area contributed by atoms with E-state index in [1.54, 1.807) is 6.07 Å². The Balaban J connectivity index is 2.41. The Labute approximate surface area is 91.9 Å². The molecule has 1 aromatic carbocycles. The SMILES string of the molecule is O[C@@H](c1cccc2c1CCCC2)C(F)(F)F. The Morgan fingerprint density at radius 1 is 1.12 bits per heavy atom. The van der Waals surface area contributed by atoms with E-state index in [9.17, 15) is 18.3 Å². The maximum atomic E-state index is 12.5. The van der Waals surface area contributed by atoms with Gasteiger partial charge in [0.2, 0.25) is 0 Å². The molecule has 1 aliphatic rings. The lowest BCUT2D eigenvalue weighted by atomic mass is 9.86. The number of aliphatic hydroxyl groups is 1. The number of rotatable bonds is 1. The second-order valence-corrected chi connectivity index (χ2v) is 4.14. The van der Waals surface area contributed by atoms with Gasteiger partial charge in [0.1, 0.15) is 0 Å². The summed E-state index contributed by atoms with van der Waals surface area (Å²) in [6.07, 6.45) is -3.56. The molecule has 2 rings (SSSR count). The van der Waals surface area contributed by atoms with Crippen molar-refractivity contribution in [1.29, 1.82) is 0 Å². The van der Waals surface area contributed by atoms with Gasteiger partial charge in [0.15, 0.2) is 6.10 Å². The van der Waals surface area contributed by atoms with Crippen molar-refractivity contribution in [3.8, 4) is 0 Å². The first-order valence-corrected chi connectivity index (χ1v) is 5.35. The highest BCUT2D eigenvalue weighted by molar-refractivity contribution is 5.38. The standard InChI is InChI=1S/C12H13F3O/c13-12(14,15)11(16)10-7-3-5-8-4-1-2-6-9(8)10/h3,5,7,11,16H,1-2,4,6H2/t11-/m0/s1. The first-order valence-electron chi connectivity index (χ1n) is 5.35. The summed E-state index contributed by atoms with van der Waals surface area (Å²) in [5, 5.41) is 9.29. The molecule has 1 aliphatic carbocycles. The number of fused-ring (bicyclic) bond motifs is 1. The Morgan fingerprint density at radius 2 is 1.81 bits per heavy atom. The number of hydrogen-bond acceptors (Lipinski definition) is 1. The number of aryl methyl sites for hydroxylation is 1. The summed E-state index contributed by atoms with van der Waals surface area (Å²) in [7, 11) is 0. The highest BCUT2D eigenvalue weighted by Gasteiger charge is 2.40. The summed E-state index contributed by atoms with van der Waals surface area (Å²) in [6.45, 7) is 0. The van der Waals surface area contributed by atoms with Crippen molar-refractivity contribution < 1.29 is 18.3 Å². The van der Waals surface area contributed by atoms with E-state index in [0.29, 0.717) is 12.0 Å². The number of halogens is 3. The minimum Gasteiger partial charge on any atom is -0.379 e. The van der Waals surface area contributed by atoms with Gasteiger partial charge in [0.25, 0.3) is 0 Å². The maximum absolute atomic E-state index is 12.5. The molecule has 4 heteroatoms. The molecule has 0 amide bonds. The molecule has 0 aliphatic heterocycles. The number of benzene rings is 1. The highest BCUT2D eigenvalue weighted by Crippen LogP contribution is 2.36. The summed E-state index contributed by atoms with van der Waals surface area (Å²) >= 11 is 0. The van der Waals surface area contributed by atoms with Crippen molar-refractivity contribution >= 4 is 0 Å². The van der Waals surface area contributed by atoms with Gasteiger partial charge >= 0.3 is 6.18 Å². The van der Waals surface area contributed by atoms with E-state index >= 15 is 0 Å². The van der Waals surface area contributed by atoms with Crippen molar-refractivity contribution in [2.24, 2.45) is 0 Å². The molecule has 1 nitrogen and oxygen atoms in total. The lowest BCUT2D eigenvalue weighted by molar-refractivity contribution is -0.207. The van der Waals surface area contributed by atoms with Crippen LogP contribution in [0.2, 0.25) is 0 Å². The fraction of sp³-hybridized carbons (Fsp3) is 0.500. The van der Waals surface area contributed by atoms with Crippen LogP contribution in [0.1, 0.15) is 35.6 Å². The summed E-state index contributed by atoms with van der Waals surface area (Å²) in [5.41, 5.74) is 1.68. The fourth-order valence-corrected chi connectivity index (χ4v) is 2.24. The van der Waals surface area contributed by atoms with Crippen molar-refractivity contribution in [3.63, 3.8) is 0 Å². The molecule has 0 unspecified atom stereocenters. The molecular weight excluding hydrogens is 217 g/mol. The average molecular weight is 230 g/mol. The Kier molecular flexibility index (Phi) is 2.93. The van der Waals surface area contributed by atoms with Crippen LogP contribution < -0.4 is 0 Å². The van der Waals surface area contributed by atoms with E-state index in [1.807, 2.05) is 6.07 Å². The number of aliphatic hydroxyl groups excluding tert-OH is 1. The zero-order valence-electron chi connectivity index (χ0n) is 8.72. The van der Waals surface area contributed by atoms with Gasteiger partial charge in [-0.25, -0.2) is 0 Å². The smallest absolute Gasteiger partial charge is 0.379 e. The molecule has 0 aromatic heterocycles. The lowest BCUT2D eigenvalue weighted by Crippen LogP contribution is -2.22. The minimum absolute atomic E-state index is 0.0321. The van der Waals surface area contributed by atoms with Crippen molar-refractivity contribution in [2.45, 2.75) is 38.0 Å². The van der Waals surface area contributed by atoms with Crippen LogP contribution in [0.5, 0.6) is 0 Å².